The number of hydrogen-bond acceptors (Lipinski definition) is 4. The molecule has 27 heavy (non-hydrogen) atoms. The molecule has 0 bridgehead atoms. The molecule has 0 fully saturated rings. The number of ether oxygens (including phenoxy) is 1. The Labute approximate surface area is 162 Å². The maximum atomic E-state index is 12.1. The Morgan fingerprint density at radius 3 is 2.70 bits per heavy atom. The molecule has 0 aliphatic heterocycles. The van der Waals surface area contributed by atoms with Crippen LogP contribution in [0, 0.1) is 0 Å². The highest BCUT2D eigenvalue weighted by Gasteiger charge is 2.17. The number of nitrogens with zero attached hydrogens (tertiary/aromatic N) is 1. The van der Waals surface area contributed by atoms with E-state index in [9.17, 15) is 4.79 Å². The smallest absolute Gasteiger partial charge is 0.250 e. The highest BCUT2D eigenvalue weighted by atomic mass is 32.1. The molecule has 0 saturated carbocycles. The van der Waals surface area contributed by atoms with Crippen molar-refractivity contribution in [1.29, 1.82) is 0 Å². The van der Waals surface area contributed by atoms with Crippen molar-refractivity contribution in [1.82, 2.24) is 4.98 Å². The van der Waals surface area contributed by atoms with Crippen LogP contribution in [0.25, 0.3) is 6.08 Å². The average Bonchev–Trinajstić information content (AvgIpc) is 3.28. The van der Waals surface area contributed by atoms with E-state index in [0.717, 1.165) is 35.4 Å². The van der Waals surface area contributed by atoms with E-state index >= 15 is 0 Å². The first-order valence-electron chi connectivity index (χ1n) is 9.01. The molecule has 1 heterocycles. The largest absolute Gasteiger partial charge is 0.489 e. The van der Waals surface area contributed by atoms with Gasteiger partial charge in [0.1, 0.15) is 12.4 Å². The molecular formula is C22H20N2O2S. The number of thiazole rings is 1. The van der Waals surface area contributed by atoms with Crippen LogP contribution in [0.2, 0.25) is 0 Å². The van der Waals surface area contributed by atoms with E-state index in [1.165, 1.54) is 17.4 Å². The van der Waals surface area contributed by atoms with Crippen molar-refractivity contribution in [3.63, 3.8) is 0 Å². The lowest BCUT2D eigenvalue weighted by molar-refractivity contribution is -0.111. The predicted molar refractivity (Wildman–Crippen MR) is 109 cm³/mol. The molecular weight excluding hydrogens is 356 g/mol. The lowest BCUT2D eigenvalue weighted by atomic mass is 10.2. The minimum absolute atomic E-state index is 0.160. The number of rotatable bonds is 6. The summed E-state index contributed by atoms with van der Waals surface area (Å²) in [5.41, 5.74) is 3.22. The topological polar surface area (TPSA) is 51.2 Å². The number of carbonyl (C=O) groups excluding carboxylic acids is 1. The van der Waals surface area contributed by atoms with E-state index in [4.69, 9.17) is 4.74 Å². The first-order valence-corrected chi connectivity index (χ1v) is 9.82. The van der Waals surface area contributed by atoms with Crippen molar-refractivity contribution in [2.45, 2.75) is 25.9 Å². The van der Waals surface area contributed by atoms with Crippen LogP contribution >= 0.6 is 11.3 Å². The van der Waals surface area contributed by atoms with Crippen molar-refractivity contribution >= 4 is 28.5 Å². The van der Waals surface area contributed by atoms with Gasteiger partial charge in [0.05, 0.1) is 5.69 Å². The van der Waals surface area contributed by atoms with Gasteiger partial charge < -0.3 is 4.74 Å². The number of nitrogens with one attached hydrogen (secondary N) is 1. The zero-order valence-corrected chi connectivity index (χ0v) is 15.7. The number of benzene rings is 2. The standard InChI is InChI=1S/C22H20N2O2S/c25-21(24-22-23-19-7-4-8-20(19)27-22)14-11-16-9-12-18(13-10-16)26-15-17-5-2-1-3-6-17/h1-3,5-6,9-14H,4,7-8,15H2,(H,23,24,25)/b14-11+. The van der Waals surface area contributed by atoms with Crippen LogP contribution in [0.3, 0.4) is 0 Å². The maximum Gasteiger partial charge on any atom is 0.250 e. The minimum atomic E-state index is -0.160. The van der Waals surface area contributed by atoms with Crippen LogP contribution in [-0.2, 0) is 24.2 Å². The third-order valence-electron chi connectivity index (χ3n) is 4.38. The molecule has 0 saturated heterocycles. The molecule has 4 rings (SSSR count). The molecule has 4 nitrogen and oxygen atoms in total. The van der Waals surface area contributed by atoms with Crippen molar-refractivity contribution in [2.75, 3.05) is 5.32 Å². The van der Waals surface area contributed by atoms with Gasteiger partial charge in [-0.25, -0.2) is 4.98 Å². The van der Waals surface area contributed by atoms with Gasteiger partial charge in [-0.3, -0.25) is 10.1 Å². The highest BCUT2D eigenvalue weighted by Crippen LogP contribution is 2.30. The zero-order valence-electron chi connectivity index (χ0n) is 14.9. The first-order chi connectivity index (χ1) is 13.3. The predicted octanol–water partition coefficient (Wildman–Crippen LogP) is 4.86. The van der Waals surface area contributed by atoms with Crippen molar-refractivity contribution in [2.24, 2.45) is 0 Å². The molecule has 0 spiro atoms. The van der Waals surface area contributed by atoms with Gasteiger partial charge in [0.15, 0.2) is 5.13 Å². The Morgan fingerprint density at radius 2 is 1.93 bits per heavy atom. The number of amides is 1. The summed E-state index contributed by atoms with van der Waals surface area (Å²) in [5.74, 6) is 0.643. The monoisotopic (exact) mass is 376 g/mol. The molecule has 0 radical (unpaired) electrons. The normalized spacial score (nSPS) is 12.9. The second-order valence-corrected chi connectivity index (χ2v) is 7.49. The van der Waals surface area contributed by atoms with Crippen molar-refractivity contribution < 1.29 is 9.53 Å². The second-order valence-electron chi connectivity index (χ2n) is 6.41. The molecule has 5 heteroatoms. The summed E-state index contributed by atoms with van der Waals surface area (Å²) < 4.78 is 5.77. The fourth-order valence-corrected chi connectivity index (χ4v) is 4.03. The molecule has 0 unspecified atom stereocenters. The summed E-state index contributed by atoms with van der Waals surface area (Å²) in [6.45, 7) is 0.538. The van der Waals surface area contributed by atoms with Crippen LogP contribution in [0.4, 0.5) is 5.13 Å². The fraction of sp³-hybridized carbons (Fsp3) is 0.182. The van der Waals surface area contributed by atoms with E-state index in [1.807, 2.05) is 54.6 Å². The quantitative estimate of drug-likeness (QED) is 0.625. The fourth-order valence-electron chi connectivity index (χ4n) is 2.98. The molecule has 1 aliphatic rings. The van der Waals surface area contributed by atoms with E-state index in [2.05, 4.69) is 10.3 Å². The van der Waals surface area contributed by atoms with Gasteiger partial charge >= 0.3 is 0 Å². The summed E-state index contributed by atoms with van der Waals surface area (Å²) in [5, 5.41) is 3.54. The molecule has 0 atom stereocenters. The van der Waals surface area contributed by atoms with Crippen LogP contribution < -0.4 is 10.1 Å². The lowest BCUT2D eigenvalue weighted by Gasteiger charge is -2.06. The number of aryl methyl sites for hydroxylation is 2. The van der Waals surface area contributed by atoms with Gasteiger partial charge in [0.25, 0.3) is 0 Å². The van der Waals surface area contributed by atoms with Crippen molar-refractivity contribution in [3.05, 3.63) is 82.4 Å². The Balaban J connectivity index is 1.30. The molecule has 1 aromatic heterocycles. The Morgan fingerprint density at radius 1 is 1.11 bits per heavy atom. The summed E-state index contributed by atoms with van der Waals surface area (Å²) in [4.78, 5) is 17.9. The number of hydrogen-bond donors (Lipinski definition) is 1. The highest BCUT2D eigenvalue weighted by molar-refractivity contribution is 7.15. The lowest BCUT2D eigenvalue weighted by Crippen LogP contribution is -2.07. The number of aromatic nitrogens is 1. The van der Waals surface area contributed by atoms with Gasteiger partial charge in [-0.05, 0) is 48.6 Å². The van der Waals surface area contributed by atoms with Gasteiger partial charge in [0.2, 0.25) is 5.91 Å². The van der Waals surface area contributed by atoms with Gasteiger partial charge in [-0.1, -0.05) is 42.5 Å². The molecule has 136 valence electrons. The van der Waals surface area contributed by atoms with E-state index < -0.39 is 0 Å². The van der Waals surface area contributed by atoms with E-state index in [1.54, 1.807) is 17.4 Å². The van der Waals surface area contributed by atoms with Gasteiger partial charge in [0, 0.05) is 11.0 Å². The summed E-state index contributed by atoms with van der Waals surface area (Å²) in [6.07, 6.45) is 6.60. The van der Waals surface area contributed by atoms with Crippen LogP contribution in [0.5, 0.6) is 5.75 Å². The average molecular weight is 376 g/mol. The molecule has 2 aromatic carbocycles. The third kappa shape index (κ3) is 4.63. The van der Waals surface area contributed by atoms with E-state index in [0.29, 0.717) is 11.7 Å². The number of anilines is 1. The van der Waals surface area contributed by atoms with Crippen LogP contribution in [-0.4, -0.2) is 10.9 Å². The Hall–Kier alpha value is -2.92. The zero-order chi connectivity index (χ0) is 18.5. The van der Waals surface area contributed by atoms with Gasteiger partial charge in [-0.2, -0.15) is 0 Å². The number of fused-ring (bicyclic) bond motifs is 1. The first kappa shape index (κ1) is 17.5. The Bertz CT molecular complexity index is 925. The van der Waals surface area contributed by atoms with Gasteiger partial charge in [-0.15, -0.1) is 11.3 Å². The number of carbonyl (C=O) groups is 1. The van der Waals surface area contributed by atoms with E-state index in [-0.39, 0.29) is 5.91 Å². The Kier molecular flexibility index (Phi) is 5.30. The summed E-state index contributed by atoms with van der Waals surface area (Å²) in [7, 11) is 0. The maximum absolute atomic E-state index is 12.1. The molecule has 1 aliphatic carbocycles. The summed E-state index contributed by atoms with van der Waals surface area (Å²) in [6, 6.07) is 17.7. The SMILES string of the molecule is O=C(/C=C/c1ccc(OCc2ccccc2)cc1)Nc1nc2c(s1)CCC2. The molecule has 1 amide bonds. The van der Waals surface area contributed by atoms with Crippen LogP contribution in [0.1, 0.15) is 28.1 Å². The van der Waals surface area contributed by atoms with Crippen molar-refractivity contribution in [3.8, 4) is 5.75 Å². The van der Waals surface area contributed by atoms with Crippen LogP contribution in [0.15, 0.2) is 60.7 Å². The third-order valence-corrected chi connectivity index (χ3v) is 5.45. The summed E-state index contributed by atoms with van der Waals surface area (Å²) >= 11 is 1.58. The second kappa shape index (κ2) is 8.18. The molecule has 3 aromatic rings. The minimum Gasteiger partial charge on any atom is -0.489 e. The molecule has 1 N–H and O–H groups in total.